The molecule has 0 saturated carbocycles. The van der Waals surface area contributed by atoms with E-state index in [0.29, 0.717) is 45.9 Å². The average molecular weight is 603 g/mol. The Morgan fingerprint density at radius 1 is 1.00 bits per heavy atom. The predicted octanol–water partition coefficient (Wildman–Crippen LogP) is 6.35. The Labute approximate surface area is 252 Å². The number of thioether (sulfide) groups is 1. The Hall–Kier alpha value is -4.22. The van der Waals surface area contributed by atoms with Crippen molar-refractivity contribution in [1.29, 1.82) is 0 Å². The van der Waals surface area contributed by atoms with Crippen molar-refractivity contribution in [3.63, 3.8) is 0 Å². The number of aliphatic hydroxyl groups is 1. The molecule has 1 saturated heterocycles. The highest BCUT2D eigenvalue weighted by atomic mass is 32.2. The zero-order valence-corrected chi connectivity index (χ0v) is 25.1. The van der Waals surface area contributed by atoms with E-state index < -0.39 is 17.7 Å². The molecule has 2 aromatic carbocycles. The number of pyridine rings is 1. The molecule has 0 bridgehead atoms. The van der Waals surface area contributed by atoms with E-state index in [1.54, 1.807) is 30.3 Å². The third-order valence-corrected chi connectivity index (χ3v) is 8.66. The average Bonchev–Trinajstić information content (AvgIpc) is 3.58. The van der Waals surface area contributed by atoms with Crippen LogP contribution in [0, 0.1) is 6.92 Å². The third kappa shape index (κ3) is 6.17. The molecule has 9 nitrogen and oxygen atoms in total. The minimum Gasteiger partial charge on any atom is -0.507 e. The van der Waals surface area contributed by atoms with Gasteiger partial charge in [-0.2, -0.15) is 0 Å². The summed E-state index contributed by atoms with van der Waals surface area (Å²) in [5.41, 5.74) is 3.18. The van der Waals surface area contributed by atoms with Crippen LogP contribution < -0.4 is 14.4 Å². The molecule has 3 heterocycles. The van der Waals surface area contributed by atoms with E-state index in [-0.39, 0.29) is 16.5 Å². The molecule has 1 unspecified atom stereocenters. The van der Waals surface area contributed by atoms with Crippen LogP contribution in [-0.4, -0.2) is 45.2 Å². The third-order valence-electron chi connectivity index (χ3n) is 6.53. The van der Waals surface area contributed by atoms with Gasteiger partial charge in [0.25, 0.3) is 5.78 Å². The number of hydrogen-bond acceptors (Lipinski definition) is 10. The number of carbonyl (C=O) groups is 2. The number of aryl methyl sites for hydroxylation is 1. The first-order chi connectivity index (χ1) is 20.4. The molecule has 2 aromatic heterocycles. The smallest absolute Gasteiger partial charge is 0.301 e. The summed E-state index contributed by atoms with van der Waals surface area (Å²) in [4.78, 5) is 32.4. The molecule has 0 aliphatic carbocycles. The number of amides is 1. The van der Waals surface area contributed by atoms with Crippen molar-refractivity contribution in [3.05, 3.63) is 94.8 Å². The van der Waals surface area contributed by atoms with Gasteiger partial charge in [0.15, 0.2) is 15.8 Å². The normalized spacial score (nSPS) is 16.2. The Bertz CT molecular complexity index is 1610. The van der Waals surface area contributed by atoms with Crippen LogP contribution in [0.1, 0.15) is 48.6 Å². The van der Waals surface area contributed by atoms with Crippen LogP contribution >= 0.6 is 23.1 Å². The van der Waals surface area contributed by atoms with Gasteiger partial charge in [0.1, 0.15) is 5.76 Å². The van der Waals surface area contributed by atoms with Gasteiger partial charge in [0.2, 0.25) is 5.13 Å². The van der Waals surface area contributed by atoms with Crippen LogP contribution in [0.15, 0.2) is 76.9 Å². The number of Topliss-reactive ketones (excluding diaryl/α,β-unsaturated/α-hetero) is 1. The fourth-order valence-electron chi connectivity index (χ4n) is 4.49. The molecule has 42 heavy (non-hydrogen) atoms. The van der Waals surface area contributed by atoms with E-state index in [1.807, 2.05) is 20.8 Å². The highest BCUT2D eigenvalue weighted by Crippen LogP contribution is 2.45. The molecular formula is C31H30N4O5S2. The van der Waals surface area contributed by atoms with E-state index in [9.17, 15) is 14.7 Å². The highest BCUT2D eigenvalue weighted by Gasteiger charge is 2.48. The van der Waals surface area contributed by atoms with Crippen LogP contribution in [0.4, 0.5) is 5.13 Å². The number of nitrogens with zero attached hydrogens (tertiary/aromatic N) is 4. The van der Waals surface area contributed by atoms with E-state index in [1.165, 1.54) is 46.0 Å². The van der Waals surface area contributed by atoms with Gasteiger partial charge in [-0.25, -0.2) is 0 Å². The number of benzene rings is 2. The minimum atomic E-state index is -0.972. The molecule has 1 N–H and O–H groups in total. The lowest BCUT2D eigenvalue weighted by molar-refractivity contribution is -0.132. The number of aromatic nitrogens is 3. The summed E-state index contributed by atoms with van der Waals surface area (Å²) in [5.74, 6) is -0.209. The number of ketones is 1. The fraction of sp³-hybridized carbons (Fsp3) is 0.258. The van der Waals surface area contributed by atoms with Gasteiger partial charge in [0, 0.05) is 23.7 Å². The standard InChI is InChI=1S/C31H30N4O5S2/c1-4-16-40-23-11-10-22(17-24(23)39-5-2)26-25(27(36)21-12-14-32-15-13-21)28(37)29(38)35(26)30-33-34-31(42-30)41-18-20-8-6-19(3)7-9-20/h6-15,17,26,36H,4-5,16,18H2,1-3H3. The summed E-state index contributed by atoms with van der Waals surface area (Å²) in [6, 6.07) is 15.7. The number of hydrogen-bond donors (Lipinski definition) is 1. The molecule has 11 heteroatoms. The molecule has 1 atom stereocenters. The van der Waals surface area contributed by atoms with Crippen molar-refractivity contribution < 1.29 is 24.2 Å². The van der Waals surface area contributed by atoms with Crippen LogP contribution in [0.2, 0.25) is 0 Å². The molecule has 0 radical (unpaired) electrons. The van der Waals surface area contributed by atoms with Crippen LogP contribution in [0.3, 0.4) is 0 Å². The highest BCUT2D eigenvalue weighted by molar-refractivity contribution is 8.00. The summed E-state index contributed by atoms with van der Waals surface area (Å²) < 4.78 is 12.4. The van der Waals surface area contributed by atoms with Crippen LogP contribution in [-0.2, 0) is 15.3 Å². The molecule has 5 rings (SSSR count). The molecular weight excluding hydrogens is 572 g/mol. The summed E-state index contributed by atoms with van der Waals surface area (Å²) in [5, 5.41) is 20.2. The van der Waals surface area contributed by atoms with Gasteiger partial charge in [-0.3, -0.25) is 19.5 Å². The predicted molar refractivity (Wildman–Crippen MR) is 163 cm³/mol. The first-order valence-corrected chi connectivity index (χ1v) is 15.3. The molecule has 1 aliphatic rings. The molecule has 4 aromatic rings. The fourth-order valence-corrected chi connectivity index (χ4v) is 6.32. The largest absolute Gasteiger partial charge is 0.507 e. The molecule has 0 spiro atoms. The summed E-state index contributed by atoms with van der Waals surface area (Å²) in [7, 11) is 0. The zero-order chi connectivity index (χ0) is 29.6. The van der Waals surface area contributed by atoms with Gasteiger partial charge in [-0.15, -0.1) is 10.2 Å². The first-order valence-electron chi connectivity index (χ1n) is 13.5. The van der Waals surface area contributed by atoms with Crippen LogP contribution in [0.25, 0.3) is 5.76 Å². The summed E-state index contributed by atoms with van der Waals surface area (Å²) >= 11 is 2.72. The van der Waals surface area contributed by atoms with Crippen molar-refractivity contribution in [2.75, 3.05) is 18.1 Å². The van der Waals surface area contributed by atoms with E-state index >= 15 is 0 Å². The Morgan fingerprint density at radius 3 is 2.48 bits per heavy atom. The number of rotatable bonds is 11. The van der Waals surface area contributed by atoms with Gasteiger partial charge in [-0.1, -0.05) is 65.9 Å². The van der Waals surface area contributed by atoms with Crippen molar-refractivity contribution >= 4 is 45.7 Å². The maximum atomic E-state index is 13.6. The second-order valence-electron chi connectivity index (χ2n) is 9.52. The number of anilines is 1. The summed E-state index contributed by atoms with van der Waals surface area (Å²) in [6.45, 7) is 6.81. The van der Waals surface area contributed by atoms with E-state index in [0.717, 1.165) is 12.0 Å². The number of ether oxygens (including phenoxy) is 2. The van der Waals surface area contributed by atoms with Crippen molar-refractivity contribution in [1.82, 2.24) is 15.2 Å². The van der Waals surface area contributed by atoms with Crippen LogP contribution in [0.5, 0.6) is 11.5 Å². The second-order valence-corrected chi connectivity index (χ2v) is 11.7. The second kappa shape index (κ2) is 13.2. The maximum Gasteiger partial charge on any atom is 0.301 e. The van der Waals surface area contributed by atoms with Gasteiger partial charge >= 0.3 is 5.91 Å². The summed E-state index contributed by atoms with van der Waals surface area (Å²) in [6.07, 6.45) is 3.84. The monoisotopic (exact) mass is 602 g/mol. The topological polar surface area (TPSA) is 115 Å². The molecule has 1 amide bonds. The Morgan fingerprint density at radius 2 is 1.76 bits per heavy atom. The Kier molecular flexibility index (Phi) is 9.19. The zero-order valence-electron chi connectivity index (χ0n) is 23.4. The number of aliphatic hydroxyl groups excluding tert-OH is 1. The van der Waals surface area contributed by atoms with Gasteiger partial charge < -0.3 is 14.6 Å². The van der Waals surface area contributed by atoms with Crippen molar-refractivity contribution in [2.45, 2.75) is 43.3 Å². The molecule has 216 valence electrons. The quantitative estimate of drug-likeness (QED) is 0.0690. The number of carbonyl (C=O) groups excluding carboxylic acids is 2. The Balaban J connectivity index is 1.56. The van der Waals surface area contributed by atoms with Gasteiger partial charge in [-0.05, 0) is 55.7 Å². The van der Waals surface area contributed by atoms with Crippen molar-refractivity contribution in [3.8, 4) is 11.5 Å². The molecule has 1 aliphatic heterocycles. The SMILES string of the molecule is CCCOc1ccc(C2C(=C(O)c3ccncc3)C(=O)C(=O)N2c2nnc(SCc3ccc(C)cc3)s2)cc1OCC. The lowest BCUT2D eigenvalue weighted by atomic mass is 9.95. The molecule has 1 fully saturated rings. The van der Waals surface area contributed by atoms with E-state index in [4.69, 9.17) is 9.47 Å². The maximum absolute atomic E-state index is 13.6. The lowest BCUT2D eigenvalue weighted by Crippen LogP contribution is -2.29. The first kappa shape index (κ1) is 29.3. The lowest BCUT2D eigenvalue weighted by Gasteiger charge is -2.23. The van der Waals surface area contributed by atoms with E-state index in [2.05, 4.69) is 39.4 Å². The van der Waals surface area contributed by atoms with Gasteiger partial charge in [0.05, 0.1) is 24.8 Å². The minimum absolute atomic E-state index is 0.0556. The van der Waals surface area contributed by atoms with Crippen molar-refractivity contribution in [2.24, 2.45) is 0 Å².